The molecule has 1 atom stereocenters. The molecular weight excluding hydrogens is 255 g/mol. The first-order valence-electron chi connectivity index (χ1n) is 5.07. The van der Waals surface area contributed by atoms with Crippen LogP contribution in [0.25, 0.3) is 0 Å². The Hall–Kier alpha value is -1.04. The summed E-state index contributed by atoms with van der Waals surface area (Å²) in [4.78, 5) is 1.71. The zero-order chi connectivity index (χ0) is 13.1. The molecule has 0 aliphatic heterocycles. The Morgan fingerprint density at radius 3 is 2.41 bits per heavy atom. The zero-order valence-corrected chi connectivity index (χ0v) is 10.3. The Morgan fingerprint density at radius 1 is 1.35 bits per heavy atom. The fraction of sp³-hybridized carbons (Fsp3) is 0.600. The summed E-state index contributed by atoms with van der Waals surface area (Å²) in [7, 11) is 1.73. The number of hydrogen-bond donors (Lipinski definition) is 0. The molecule has 3 nitrogen and oxygen atoms in total. The van der Waals surface area contributed by atoms with Crippen molar-refractivity contribution in [2.75, 3.05) is 18.5 Å². The lowest BCUT2D eigenvalue weighted by atomic mass is 10.3. The summed E-state index contributed by atoms with van der Waals surface area (Å²) in [6.07, 6.45) is -3.73. The van der Waals surface area contributed by atoms with Gasteiger partial charge in [0.1, 0.15) is 0 Å². The van der Waals surface area contributed by atoms with Crippen molar-refractivity contribution < 1.29 is 13.2 Å². The molecule has 96 valence electrons. The van der Waals surface area contributed by atoms with Gasteiger partial charge in [-0.15, -0.1) is 21.8 Å². The molecule has 1 aromatic rings. The van der Waals surface area contributed by atoms with Crippen molar-refractivity contribution in [3.63, 3.8) is 0 Å². The van der Waals surface area contributed by atoms with Gasteiger partial charge in [-0.3, -0.25) is 0 Å². The van der Waals surface area contributed by atoms with E-state index in [0.29, 0.717) is 12.4 Å². The molecule has 0 spiro atoms. The number of hydrogen-bond acceptors (Lipinski definition) is 3. The standard InChI is InChI=1S/C10H13ClF3N3/c1-7(11)5-6-17(2)9-4-3-8(15-16-9)10(12,13)14/h3-4,7H,5-6H2,1-2H3. The SMILES string of the molecule is CC(Cl)CCN(C)c1ccc(C(F)(F)F)nn1. The Balaban J connectivity index is 2.67. The summed E-state index contributed by atoms with van der Waals surface area (Å²) in [6.45, 7) is 2.47. The first kappa shape index (κ1) is 14.0. The van der Waals surface area contributed by atoms with E-state index >= 15 is 0 Å². The van der Waals surface area contributed by atoms with Gasteiger partial charge in [0.2, 0.25) is 0 Å². The second-order valence-corrected chi connectivity index (χ2v) is 4.51. The van der Waals surface area contributed by atoms with Crippen LogP contribution < -0.4 is 4.90 Å². The van der Waals surface area contributed by atoms with Crippen molar-refractivity contribution in [2.45, 2.75) is 24.9 Å². The van der Waals surface area contributed by atoms with E-state index in [1.165, 1.54) is 6.07 Å². The molecule has 1 unspecified atom stereocenters. The molecule has 7 heteroatoms. The van der Waals surface area contributed by atoms with Gasteiger partial charge in [0.15, 0.2) is 11.5 Å². The van der Waals surface area contributed by atoms with Crippen molar-refractivity contribution in [3.8, 4) is 0 Å². The van der Waals surface area contributed by atoms with Gasteiger partial charge in [-0.2, -0.15) is 13.2 Å². The highest BCUT2D eigenvalue weighted by Gasteiger charge is 2.32. The minimum absolute atomic E-state index is 0.0138. The van der Waals surface area contributed by atoms with Crippen LogP contribution in [0.5, 0.6) is 0 Å². The van der Waals surface area contributed by atoms with Crippen LogP contribution in [0.3, 0.4) is 0 Å². The van der Waals surface area contributed by atoms with Gasteiger partial charge >= 0.3 is 6.18 Å². The van der Waals surface area contributed by atoms with Crippen molar-refractivity contribution in [1.29, 1.82) is 0 Å². The average Bonchev–Trinajstić information content (AvgIpc) is 2.25. The largest absolute Gasteiger partial charge is 0.435 e. The normalized spacial score (nSPS) is 13.5. The van der Waals surface area contributed by atoms with Crippen LogP contribution in [-0.2, 0) is 6.18 Å². The lowest BCUT2D eigenvalue weighted by molar-refractivity contribution is -0.141. The highest BCUT2D eigenvalue weighted by molar-refractivity contribution is 6.20. The first-order valence-corrected chi connectivity index (χ1v) is 5.50. The van der Waals surface area contributed by atoms with E-state index in [-0.39, 0.29) is 5.38 Å². The van der Waals surface area contributed by atoms with Crippen molar-refractivity contribution >= 4 is 17.4 Å². The average molecular weight is 268 g/mol. The minimum Gasteiger partial charge on any atom is -0.358 e. The van der Waals surface area contributed by atoms with Crippen molar-refractivity contribution in [1.82, 2.24) is 10.2 Å². The molecule has 0 saturated carbocycles. The van der Waals surface area contributed by atoms with Crippen LogP contribution in [-0.4, -0.2) is 29.2 Å². The second kappa shape index (κ2) is 5.53. The number of alkyl halides is 4. The van der Waals surface area contributed by atoms with Gasteiger partial charge in [-0.25, -0.2) is 0 Å². The van der Waals surface area contributed by atoms with Crippen LogP contribution in [0.15, 0.2) is 12.1 Å². The molecule has 0 aliphatic carbocycles. The maximum Gasteiger partial charge on any atom is 0.435 e. The molecule has 1 rings (SSSR count). The Morgan fingerprint density at radius 2 is 2.00 bits per heavy atom. The number of aromatic nitrogens is 2. The van der Waals surface area contributed by atoms with Gasteiger partial charge in [0.05, 0.1) is 0 Å². The van der Waals surface area contributed by atoms with Crippen LogP contribution >= 0.6 is 11.6 Å². The molecule has 0 amide bonds. The van der Waals surface area contributed by atoms with Crippen molar-refractivity contribution in [2.24, 2.45) is 0 Å². The van der Waals surface area contributed by atoms with E-state index in [0.717, 1.165) is 12.5 Å². The van der Waals surface area contributed by atoms with E-state index < -0.39 is 11.9 Å². The van der Waals surface area contributed by atoms with E-state index in [2.05, 4.69) is 10.2 Å². The summed E-state index contributed by atoms with van der Waals surface area (Å²) in [5.41, 5.74) is -0.986. The zero-order valence-electron chi connectivity index (χ0n) is 9.50. The predicted octanol–water partition coefficient (Wildman–Crippen LogP) is 2.95. The smallest absolute Gasteiger partial charge is 0.358 e. The Bertz CT molecular complexity index is 351. The lowest BCUT2D eigenvalue weighted by Crippen LogP contribution is -2.22. The Labute approximate surface area is 103 Å². The molecule has 0 aliphatic rings. The third kappa shape index (κ3) is 4.38. The molecule has 0 N–H and O–H groups in total. The molecule has 0 aromatic carbocycles. The number of anilines is 1. The van der Waals surface area contributed by atoms with Crippen LogP contribution in [0.2, 0.25) is 0 Å². The van der Waals surface area contributed by atoms with Crippen LogP contribution in [0, 0.1) is 0 Å². The third-order valence-corrected chi connectivity index (χ3v) is 2.41. The molecule has 0 bridgehead atoms. The molecule has 17 heavy (non-hydrogen) atoms. The van der Waals surface area contributed by atoms with Gasteiger partial charge in [0.25, 0.3) is 0 Å². The summed E-state index contributed by atoms with van der Waals surface area (Å²) in [6, 6.07) is 2.22. The van der Waals surface area contributed by atoms with E-state index in [1.54, 1.807) is 11.9 Å². The predicted molar refractivity (Wildman–Crippen MR) is 60.2 cm³/mol. The van der Waals surface area contributed by atoms with E-state index in [9.17, 15) is 13.2 Å². The minimum atomic E-state index is -4.45. The molecule has 0 radical (unpaired) electrons. The fourth-order valence-electron chi connectivity index (χ4n) is 1.17. The maximum absolute atomic E-state index is 12.2. The summed E-state index contributed by atoms with van der Waals surface area (Å²) in [5, 5.41) is 6.70. The monoisotopic (exact) mass is 267 g/mol. The van der Waals surface area contributed by atoms with Gasteiger partial charge < -0.3 is 4.90 Å². The van der Waals surface area contributed by atoms with Crippen LogP contribution in [0.1, 0.15) is 19.0 Å². The van der Waals surface area contributed by atoms with Gasteiger partial charge in [0, 0.05) is 19.0 Å². The maximum atomic E-state index is 12.2. The van der Waals surface area contributed by atoms with Crippen LogP contribution in [0.4, 0.5) is 19.0 Å². The van der Waals surface area contributed by atoms with Gasteiger partial charge in [-0.1, -0.05) is 0 Å². The quantitative estimate of drug-likeness (QED) is 0.786. The summed E-state index contributed by atoms with van der Waals surface area (Å²) >= 11 is 5.78. The molecule has 1 aromatic heterocycles. The highest BCUT2D eigenvalue weighted by Crippen LogP contribution is 2.27. The topological polar surface area (TPSA) is 29.0 Å². The summed E-state index contributed by atoms with van der Waals surface area (Å²) < 4.78 is 36.7. The summed E-state index contributed by atoms with van der Waals surface area (Å²) in [5.74, 6) is 0.398. The number of halogens is 4. The number of rotatable bonds is 4. The molecule has 0 saturated heterocycles. The number of nitrogens with zero attached hydrogens (tertiary/aromatic N) is 3. The first-order chi connectivity index (χ1) is 7.80. The highest BCUT2D eigenvalue weighted by atomic mass is 35.5. The van der Waals surface area contributed by atoms with E-state index in [1.807, 2.05) is 6.92 Å². The lowest BCUT2D eigenvalue weighted by Gasteiger charge is -2.18. The Kier molecular flexibility index (Phi) is 4.56. The fourth-order valence-corrected chi connectivity index (χ4v) is 1.26. The molecule has 0 fully saturated rings. The molecule has 1 heterocycles. The van der Waals surface area contributed by atoms with Crippen molar-refractivity contribution in [3.05, 3.63) is 17.8 Å². The van der Waals surface area contributed by atoms with Gasteiger partial charge in [-0.05, 0) is 25.5 Å². The second-order valence-electron chi connectivity index (χ2n) is 3.77. The van der Waals surface area contributed by atoms with E-state index in [4.69, 9.17) is 11.6 Å². The third-order valence-electron chi connectivity index (χ3n) is 2.19. The molecular formula is C10H13ClF3N3.